The van der Waals surface area contributed by atoms with Gasteiger partial charge in [-0.15, -0.1) is 24.9 Å². The van der Waals surface area contributed by atoms with Crippen molar-refractivity contribution in [3.63, 3.8) is 0 Å². The molecule has 2 aliphatic heterocycles. The third-order valence-electron chi connectivity index (χ3n) is 2.93. The summed E-state index contributed by atoms with van der Waals surface area (Å²) in [7, 11) is 0. The molecule has 2 nitrogen and oxygen atoms in total. The minimum atomic E-state index is 0. The zero-order valence-electron chi connectivity index (χ0n) is 9.33. The van der Waals surface area contributed by atoms with Crippen LogP contribution < -0.4 is 0 Å². The molecule has 0 amide bonds. The quantitative estimate of drug-likeness (QED) is 0.690. The average Bonchev–Trinajstić information content (AvgIpc) is 2.49. The van der Waals surface area contributed by atoms with E-state index < -0.39 is 0 Å². The van der Waals surface area contributed by atoms with Crippen LogP contribution in [0.1, 0.15) is 19.8 Å². The minimum Gasteiger partial charge on any atom is -0.660 e. The predicted octanol–water partition coefficient (Wildman–Crippen LogP) is 2.37. The van der Waals surface area contributed by atoms with Crippen LogP contribution in [0.25, 0.3) is 5.32 Å². The van der Waals surface area contributed by atoms with Crippen molar-refractivity contribution in [2.24, 2.45) is 0 Å². The van der Waals surface area contributed by atoms with Crippen LogP contribution in [0, 0.1) is 7.43 Å². The van der Waals surface area contributed by atoms with Gasteiger partial charge in [0.2, 0.25) is 0 Å². The Morgan fingerprint density at radius 1 is 1.50 bits per heavy atom. The van der Waals surface area contributed by atoms with Gasteiger partial charge in [-0.3, -0.25) is 4.90 Å². The zero-order chi connectivity index (χ0) is 8.44. The van der Waals surface area contributed by atoms with Crippen LogP contribution >= 0.6 is 11.8 Å². The van der Waals surface area contributed by atoms with Gasteiger partial charge in [-0.2, -0.15) is 0 Å². The first-order chi connectivity index (χ1) is 5.87. The maximum Gasteiger partial charge on any atom is 0.0481 e. The van der Waals surface area contributed by atoms with E-state index >= 15 is 0 Å². The molecule has 0 saturated carbocycles. The number of likely N-dealkylation sites (N-methyl/N-ethyl adjacent to an activating group) is 1. The van der Waals surface area contributed by atoms with E-state index in [0.29, 0.717) is 4.87 Å². The zero-order valence-corrected chi connectivity index (χ0v) is 13.0. The van der Waals surface area contributed by atoms with Gasteiger partial charge < -0.3 is 12.7 Å². The molecule has 0 N–H and O–H groups in total. The minimum absolute atomic E-state index is 0. The molecule has 0 aromatic carbocycles. The Hall–Kier alpha value is 1.37. The molecule has 0 aromatic heterocycles. The maximum absolute atomic E-state index is 4.55. The fraction of sp³-hybridized carbons (Fsp3) is 0.900. The summed E-state index contributed by atoms with van der Waals surface area (Å²) in [5.74, 6) is 1.31. The van der Waals surface area contributed by atoms with Gasteiger partial charge in [-0.05, 0) is 13.0 Å². The van der Waals surface area contributed by atoms with Gasteiger partial charge in [0.1, 0.15) is 0 Å². The van der Waals surface area contributed by atoms with Crippen molar-refractivity contribution in [3.8, 4) is 0 Å². The summed E-state index contributed by atoms with van der Waals surface area (Å²) >= 11 is 2.13. The number of thioether (sulfide) groups is 1. The number of rotatable bonds is 1. The molecule has 2 saturated heterocycles. The van der Waals surface area contributed by atoms with Crippen molar-refractivity contribution in [2.45, 2.75) is 24.6 Å². The van der Waals surface area contributed by atoms with Gasteiger partial charge in [0.25, 0.3) is 0 Å². The normalized spacial score (nSPS) is 32.4. The molecule has 1 radical (unpaired) electrons. The summed E-state index contributed by atoms with van der Waals surface area (Å²) in [6.07, 6.45) is 2.65. The van der Waals surface area contributed by atoms with Gasteiger partial charge in [-0.25, -0.2) is 0 Å². The Morgan fingerprint density at radius 2 is 2.29 bits per heavy atom. The predicted molar refractivity (Wildman–Crippen MR) is 61.2 cm³/mol. The summed E-state index contributed by atoms with van der Waals surface area (Å²) in [6.45, 7) is 6.91. The Balaban J connectivity index is 0.000000845. The van der Waals surface area contributed by atoms with E-state index in [1.165, 1.54) is 31.7 Å². The molecule has 2 fully saturated rings. The van der Waals surface area contributed by atoms with Crippen molar-refractivity contribution in [1.29, 1.82) is 0 Å². The Bertz CT molecular complexity index is 160. The summed E-state index contributed by atoms with van der Waals surface area (Å²) in [5.41, 5.74) is 0. The fourth-order valence-electron chi connectivity index (χ4n) is 2.26. The second-order valence-corrected chi connectivity index (χ2v) is 5.04. The number of nitrogens with zero attached hydrogens (tertiary/aromatic N) is 2. The van der Waals surface area contributed by atoms with E-state index in [2.05, 4.69) is 28.9 Å². The van der Waals surface area contributed by atoms with Gasteiger partial charge >= 0.3 is 0 Å². The van der Waals surface area contributed by atoms with Crippen LogP contribution in [0.15, 0.2) is 0 Å². The summed E-state index contributed by atoms with van der Waals surface area (Å²) < 4.78 is 0. The fourth-order valence-corrected chi connectivity index (χ4v) is 3.83. The second-order valence-electron chi connectivity index (χ2n) is 3.58. The van der Waals surface area contributed by atoms with Gasteiger partial charge in [0, 0.05) is 49.9 Å². The Kier molecular flexibility index (Phi) is 7.52. The molecule has 2 aliphatic rings. The topological polar surface area (TPSA) is 17.3 Å². The molecule has 1 spiro atoms. The molecule has 2 rings (SSSR count). The standard InChI is InChI=1S/C9H17N2S.CH3.Y/c1-2-11-6-7-12-9(11)4-3-5-10-8-9;;/h2-8H2,1H3;1H3;/q2*-1;. The largest absolute Gasteiger partial charge is 0.660 e. The molecule has 81 valence electrons. The molecule has 1 atom stereocenters. The van der Waals surface area contributed by atoms with Crippen LogP contribution in [-0.4, -0.2) is 41.7 Å². The van der Waals surface area contributed by atoms with Crippen molar-refractivity contribution in [2.75, 3.05) is 31.9 Å². The van der Waals surface area contributed by atoms with Crippen LogP contribution in [0.4, 0.5) is 0 Å². The molecule has 1 unspecified atom stereocenters. The molecule has 4 heteroatoms. The van der Waals surface area contributed by atoms with E-state index in [4.69, 9.17) is 0 Å². The molecule has 2 heterocycles. The Morgan fingerprint density at radius 3 is 2.86 bits per heavy atom. The summed E-state index contributed by atoms with van der Waals surface area (Å²) in [5, 5.41) is 4.55. The molecule has 0 aliphatic carbocycles. The first kappa shape index (κ1) is 15.4. The molecule has 0 aromatic rings. The smallest absolute Gasteiger partial charge is 0.0481 e. The van der Waals surface area contributed by atoms with Crippen molar-refractivity contribution in [1.82, 2.24) is 4.90 Å². The summed E-state index contributed by atoms with van der Waals surface area (Å²) in [4.78, 5) is 3.04. The molecule has 14 heavy (non-hydrogen) atoms. The summed E-state index contributed by atoms with van der Waals surface area (Å²) in [6, 6.07) is 0. The van der Waals surface area contributed by atoms with E-state index in [9.17, 15) is 0 Å². The van der Waals surface area contributed by atoms with E-state index in [-0.39, 0.29) is 40.1 Å². The van der Waals surface area contributed by atoms with E-state index in [0.717, 1.165) is 13.1 Å². The first-order valence-electron chi connectivity index (χ1n) is 4.90. The number of piperidine rings is 1. The van der Waals surface area contributed by atoms with Gasteiger partial charge in [0.05, 0.1) is 0 Å². The van der Waals surface area contributed by atoms with E-state index in [1.807, 2.05) is 0 Å². The second kappa shape index (κ2) is 6.85. The van der Waals surface area contributed by atoms with Crippen molar-refractivity contribution in [3.05, 3.63) is 12.7 Å². The maximum atomic E-state index is 4.55. The van der Waals surface area contributed by atoms with E-state index in [1.54, 1.807) is 0 Å². The van der Waals surface area contributed by atoms with Gasteiger partial charge in [0.15, 0.2) is 0 Å². The molecular weight excluding hydrogens is 269 g/mol. The monoisotopic (exact) mass is 289 g/mol. The third kappa shape index (κ3) is 2.94. The number of hydrogen-bond acceptors (Lipinski definition) is 2. The molecule has 0 bridgehead atoms. The van der Waals surface area contributed by atoms with Crippen LogP contribution in [0.3, 0.4) is 0 Å². The third-order valence-corrected chi connectivity index (χ3v) is 4.45. The van der Waals surface area contributed by atoms with Crippen LogP contribution in [0.2, 0.25) is 0 Å². The van der Waals surface area contributed by atoms with Crippen LogP contribution in [-0.2, 0) is 32.7 Å². The van der Waals surface area contributed by atoms with Crippen molar-refractivity contribution >= 4 is 11.8 Å². The number of hydrogen-bond donors (Lipinski definition) is 0. The van der Waals surface area contributed by atoms with Crippen molar-refractivity contribution < 1.29 is 32.7 Å². The average molecular weight is 289 g/mol. The molecular formula is C10H20N2SY-2. The van der Waals surface area contributed by atoms with Gasteiger partial charge in [-0.1, -0.05) is 13.3 Å². The SMILES string of the molecule is CCN1CCSC12CCC[N-]C2.[CH3-].[Y]. The van der Waals surface area contributed by atoms with Crippen LogP contribution in [0.5, 0.6) is 0 Å². The first-order valence-corrected chi connectivity index (χ1v) is 5.88. The Labute approximate surface area is 118 Å².